The minimum Gasteiger partial charge on any atom is -0.493 e. The Bertz CT molecular complexity index is 1140. The van der Waals surface area contributed by atoms with Crippen LogP contribution in [0.4, 0.5) is 0 Å². The molecule has 242 valence electrons. The maximum Gasteiger partial charge on any atom is 0.337 e. The molecular formula is C37H52BrNO5. The number of ether oxygens (including phenoxy) is 3. The van der Waals surface area contributed by atoms with E-state index in [0.29, 0.717) is 12.0 Å². The number of benzene rings is 3. The van der Waals surface area contributed by atoms with E-state index < -0.39 is 0 Å². The van der Waals surface area contributed by atoms with Crippen molar-refractivity contribution in [1.82, 2.24) is 5.32 Å². The van der Waals surface area contributed by atoms with Gasteiger partial charge in [0.2, 0.25) is 0 Å². The third-order valence-electron chi connectivity index (χ3n) is 6.70. The zero-order valence-electron chi connectivity index (χ0n) is 27.1. The lowest BCUT2D eigenvalue weighted by atomic mass is 10.1. The molecule has 7 heteroatoms. The summed E-state index contributed by atoms with van der Waals surface area (Å²) in [4.78, 5) is 22.1. The van der Waals surface area contributed by atoms with Crippen LogP contribution in [0.1, 0.15) is 85.8 Å². The molecule has 0 aliphatic carbocycles. The predicted octanol–water partition coefficient (Wildman–Crippen LogP) is 8.74. The van der Waals surface area contributed by atoms with Gasteiger partial charge in [-0.25, -0.2) is 4.79 Å². The van der Waals surface area contributed by atoms with Gasteiger partial charge in [-0.15, -0.1) is 0 Å². The molecule has 0 aliphatic rings. The second-order valence-electron chi connectivity index (χ2n) is 9.94. The Hall–Kier alpha value is -3.16. The summed E-state index contributed by atoms with van der Waals surface area (Å²) in [6.45, 7) is 6.37. The molecule has 3 aromatic carbocycles. The van der Waals surface area contributed by atoms with Gasteiger partial charge in [0.15, 0.2) is 0 Å². The van der Waals surface area contributed by atoms with Crippen LogP contribution < -0.4 is 10.1 Å². The van der Waals surface area contributed by atoms with Crippen molar-refractivity contribution >= 4 is 27.9 Å². The monoisotopic (exact) mass is 669 g/mol. The summed E-state index contributed by atoms with van der Waals surface area (Å²) in [5.74, 6) is 0.576. The number of alkyl halides is 1. The van der Waals surface area contributed by atoms with Crippen LogP contribution >= 0.6 is 15.9 Å². The SMILES string of the molecule is CC.COC(=O)CCCCCBr.COC(=O)c1ccc(CNCCc2ccccc2OCCCCCc2ccccc2)cc1. The Morgan fingerprint density at radius 1 is 0.705 bits per heavy atom. The van der Waals surface area contributed by atoms with Crippen LogP contribution in [0.2, 0.25) is 0 Å². The van der Waals surface area contributed by atoms with Crippen molar-refractivity contribution in [2.24, 2.45) is 0 Å². The second-order valence-corrected chi connectivity index (χ2v) is 10.7. The number of carbonyl (C=O) groups is 2. The van der Waals surface area contributed by atoms with Crippen molar-refractivity contribution in [1.29, 1.82) is 0 Å². The van der Waals surface area contributed by atoms with Gasteiger partial charge in [-0.05, 0) is 86.4 Å². The van der Waals surface area contributed by atoms with Crippen LogP contribution in [0.3, 0.4) is 0 Å². The number of para-hydroxylation sites is 1. The van der Waals surface area contributed by atoms with Gasteiger partial charge in [0.25, 0.3) is 0 Å². The van der Waals surface area contributed by atoms with Crippen LogP contribution in [0.5, 0.6) is 5.75 Å². The number of halogens is 1. The highest BCUT2D eigenvalue weighted by Gasteiger charge is 2.05. The standard InChI is InChI=1S/C28H33NO3.C7H13BrO2.C2H6/c1-31-28(30)26-17-15-24(16-18-26)22-29-20-19-25-13-7-8-14-27(25)32-21-9-3-6-12-23-10-4-2-5-11-23;1-10-7(9)5-3-2-4-6-8;1-2/h2,4-5,7-8,10-11,13-18,29H,3,6,9,12,19-22H2,1H3;2-6H2,1H3;1-2H3. The van der Waals surface area contributed by atoms with Gasteiger partial charge in [0.1, 0.15) is 5.75 Å². The van der Waals surface area contributed by atoms with Gasteiger partial charge in [-0.3, -0.25) is 4.79 Å². The Balaban J connectivity index is 0.000000687. The van der Waals surface area contributed by atoms with Gasteiger partial charge in [-0.2, -0.15) is 0 Å². The van der Waals surface area contributed by atoms with Crippen molar-refractivity contribution in [3.8, 4) is 5.75 Å². The van der Waals surface area contributed by atoms with Crippen molar-refractivity contribution in [2.45, 2.75) is 78.2 Å². The van der Waals surface area contributed by atoms with E-state index in [1.165, 1.54) is 38.2 Å². The molecule has 0 spiro atoms. The first-order chi connectivity index (χ1) is 21.6. The van der Waals surface area contributed by atoms with E-state index in [1.54, 1.807) is 12.1 Å². The van der Waals surface area contributed by atoms with Gasteiger partial charge < -0.3 is 19.5 Å². The highest BCUT2D eigenvalue weighted by Crippen LogP contribution is 2.19. The minimum atomic E-state index is -0.308. The molecule has 3 aromatic rings. The van der Waals surface area contributed by atoms with Crippen molar-refractivity contribution < 1.29 is 23.8 Å². The van der Waals surface area contributed by atoms with E-state index in [9.17, 15) is 9.59 Å². The number of esters is 2. The molecule has 1 N–H and O–H groups in total. The number of carbonyl (C=O) groups excluding carboxylic acids is 2. The first-order valence-electron chi connectivity index (χ1n) is 15.8. The summed E-state index contributed by atoms with van der Waals surface area (Å²) in [5, 5.41) is 4.49. The number of hydrogen-bond acceptors (Lipinski definition) is 6. The zero-order chi connectivity index (χ0) is 32.3. The third-order valence-corrected chi connectivity index (χ3v) is 7.26. The summed E-state index contributed by atoms with van der Waals surface area (Å²) in [6, 6.07) is 26.4. The summed E-state index contributed by atoms with van der Waals surface area (Å²) >= 11 is 3.32. The van der Waals surface area contributed by atoms with Crippen LogP contribution in [-0.2, 0) is 33.7 Å². The Kier molecular flexibility index (Phi) is 23.2. The highest BCUT2D eigenvalue weighted by molar-refractivity contribution is 9.09. The number of hydrogen-bond donors (Lipinski definition) is 1. The number of rotatable bonds is 18. The minimum absolute atomic E-state index is 0.102. The molecule has 3 rings (SSSR count). The van der Waals surface area contributed by atoms with Gasteiger partial charge in [0, 0.05) is 18.3 Å². The van der Waals surface area contributed by atoms with E-state index in [0.717, 1.165) is 74.9 Å². The topological polar surface area (TPSA) is 73.9 Å². The first kappa shape index (κ1) is 38.9. The van der Waals surface area contributed by atoms with E-state index in [1.807, 2.05) is 32.0 Å². The quantitative estimate of drug-likeness (QED) is 0.0829. The molecule has 0 radical (unpaired) electrons. The lowest BCUT2D eigenvalue weighted by molar-refractivity contribution is -0.140. The summed E-state index contributed by atoms with van der Waals surface area (Å²) < 4.78 is 15.3. The normalized spacial score (nSPS) is 10.0. The molecule has 0 atom stereocenters. The predicted molar refractivity (Wildman–Crippen MR) is 185 cm³/mol. The molecule has 0 heterocycles. The molecule has 0 bridgehead atoms. The van der Waals surface area contributed by atoms with Gasteiger partial charge >= 0.3 is 11.9 Å². The summed E-state index contributed by atoms with van der Waals surface area (Å²) in [7, 11) is 2.82. The molecule has 44 heavy (non-hydrogen) atoms. The number of nitrogens with one attached hydrogen (secondary N) is 1. The van der Waals surface area contributed by atoms with Crippen LogP contribution in [-0.4, -0.2) is 44.6 Å². The third kappa shape index (κ3) is 17.8. The average Bonchev–Trinajstić information content (AvgIpc) is 3.08. The summed E-state index contributed by atoms with van der Waals surface area (Å²) in [6.07, 6.45) is 9.21. The van der Waals surface area contributed by atoms with Crippen molar-refractivity contribution in [2.75, 3.05) is 32.7 Å². The first-order valence-corrected chi connectivity index (χ1v) is 16.9. The molecular weight excluding hydrogens is 618 g/mol. The fraction of sp³-hybridized carbons (Fsp3) is 0.459. The highest BCUT2D eigenvalue weighted by atomic mass is 79.9. The average molecular weight is 671 g/mol. The van der Waals surface area contributed by atoms with Crippen molar-refractivity contribution in [3.63, 3.8) is 0 Å². The van der Waals surface area contributed by atoms with Crippen LogP contribution in [0.25, 0.3) is 0 Å². The fourth-order valence-corrected chi connectivity index (χ4v) is 4.66. The molecule has 0 amide bonds. The van der Waals surface area contributed by atoms with Crippen molar-refractivity contribution in [3.05, 3.63) is 101 Å². The van der Waals surface area contributed by atoms with E-state index in [4.69, 9.17) is 9.47 Å². The molecule has 0 fully saturated rings. The number of unbranched alkanes of at least 4 members (excludes halogenated alkanes) is 4. The Morgan fingerprint density at radius 2 is 1.39 bits per heavy atom. The van der Waals surface area contributed by atoms with Crippen LogP contribution in [0, 0.1) is 0 Å². The molecule has 6 nitrogen and oxygen atoms in total. The lowest BCUT2D eigenvalue weighted by Gasteiger charge is -2.12. The molecule has 0 aliphatic heterocycles. The number of methoxy groups -OCH3 is 2. The van der Waals surface area contributed by atoms with E-state index in [-0.39, 0.29) is 11.9 Å². The Labute approximate surface area is 274 Å². The molecule has 0 aromatic heterocycles. The smallest absolute Gasteiger partial charge is 0.337 e. The molecule has 0 saturated heterocycles. The maximum atomic E-state index is 11.5. The second kappa shape index (κ2) is 26.3. The molecule has 0 saturated carbocycles. The largest absolute Gasteiger partial charge is 0.493 e. The Morgan fingerprint density at radius 3 is 2.07 bits per heavy atom. The zero-order valence-corrected chi connectivity index (χ0v) is 28.7. The van der Waals surface area contributed by atoms with Gasteiger partial charge in [0.05, 0.1) is 26.4 Å². The van der Waals surface area contributed by atoms with Crippen LogP contribution in [0.15, 0.2) is 78.9 Å². The molecule has 0 unspecified atom stereocenters. The summed E-state index contributed by atoms with van der Waals surface area (Å²) in [5.41, 5.74) is 4.34. The fourth-order valence-electron chi connectivity index (χ4n) is 4.26. The van der Waals surface area contributed by atoms with E-state index in [2.05, 4.69) is 74.5 Å². The van der Waals surface area contributed by atoms with Gasteiger partial charge in [-0.1, -0.05) is 96.9 Å². The lowest BCUT2D eigenvalue weighted by Crippen LogP contribution is -2.17. The van der Waals surface area contributed by atoms with E-state index >= 15 is 0 Å². The number of aryl methyl sites for hydroxylation is 1. The maximum absolute atomic E-state index is 11.5.